The predicted octanol–water partition coefficient (Wildman–Crippen LogP) is 2.65. The molecular weight excluding hydrogens is 268 g/mol. The summed E-state index contributed by atoms with van der Waals surface area (Å²) in [6.07, 6.45) is 5.65. The van der Waals surface area contributed by atoms with Crippen LogP contribution in [0, 0.1) is 0 Å². The van der Waals surface area contributed by atoms with E-state index in [0.29, 0.717) is 13.0 Å². The molecule has 1 atom stereocenters. The summed E-state index contributed by atoms with van der Waals surface area (Å²) in [6, 6.07) is 5.00. The van der Waals surface area contributed by atoms with Crippen molar-refractivity contribution < 1.29 is 14.7 Å². The number of likely N-dealkylation sites (tertiary alicyclic amines) is 1. The van der Waals surface area contributed by atoms with Crippen LogP contribution >= 0.6 is 0 Å². The van der Waals surface area contributed by atoms with Crippen LogP contribution in [0.25, 0.3) is 0 Å². The number of anilines is 1. The number of urea groups is 1. The van der Waals surface area contributed by atoms with Crippen molar-refractivity contribution >= 4 is 17.7 Å². The summed E-state index contributed by atoms with van der Waals surface area (Å²) in [5.41, 5.74) is 3.35. The highest BCUT2D eigenvalue weighted by Crippen LogP contribution is 2.28. The average Bonchev–Trinajstić information content (AvgIpc) is 2.97. The van der Waals surface area contributed by atoms with Gasteiger partial charge in [0.1, 0.15) is 6.04 Å². The third-order valence-corrected chi connectivity index (χ3v) is 4.44. The number of aliphatic carboxylic acids is 1. The summed E-state index contributed by atoms with van der Waals surface area (Å²) in [7, 11) is 0. The molecule has 0 saturated carbocycles. The Bertz CT molecular complexity index is 571. The first-order valence-corrected chi connectivity index (χ1v) is 7.58. The monoisotopic (exact) mass is 288 g/mol. The molecule has 1 fully saturated rings. The van der Waals surface area contributed by atoms with Crippen molar-refractivity contribution in [1.29, 1.82) is 0 Å². The first-order valence-electron chi connectivity index (χ1n) is 7.58. The molecular formula is C16H20N2O3. The Balaban J connectivity index is 1.77. The molecule has 2 amide bonds. The van der Waals surface area contributed by atoms with Crippen molar-refractivity contribution in [2.24, 2.45) is 0 Å². The van der Waals surface area contributed by atoms with Crippen LogP contribution in [0.5, 0.6) is 0 Å². The summed E-state index contributed by atoms with van der Waals surface area (Å²) in [4.78, 5) is 25.0. The number of benzene rings is 1. The van der Waals surface area contributed by atoms with E-state index < -0.39 is 12.0 Å². The lowest BCUT2D eigenvalue weighted by Gasteiger charge is -2.24. The largest absolute Gasteiger partial charge is 0.480 e. The van der Waals surface area contributed by atoms with Gasteiger partial charge in [-0.3, -0.25) is 0 Å². The molecule has 112 valence electrons. The highest BCUT2D eigenvalue weighted by Gasteiger charge is 2.34. The van der Waals surface area contributed by atoms with E-state index in [2.05, 4.69) is 11.4 Å². The maximum absolute atomic E-state index is 12.4. The third-order valence-electron chi connectivity index (χ3n) is 4.44. The van der Waals surface area contributed by atoms with E-state index in [0.717, 1.165) is 31.4 Å². The van der Waals surface area contributed by atoms with Crippen molar-refractivity contribution in [3.05, 3.63) is 29.3 Å². The van der Waals surface area contributed by atoms with Crippen LogP contribution in [0.2, 0.25) is 0 Å². The topological polar surface area (TPSA) is 69.6 Å². The van der Waals surface area contributed by atoms with Crippen molar-refractivity contribution in [3.63, 3.8) is 0 Å². The fraction of sp³-hybridized carbons (Fsp3) is 0.500. The molecule has 1 aliphatic heterocycles. The van der Waals surface area contributed by atoms with E-state index in [1.807, 2.05) is 12.1 Å². The molecule has 2 N–H and O–H groups in total. The third kappa shape index (κ3) is 2.73. The smallest absolute Gasteiger partial charge is 0.326 e. The molecule has 1 aliphatic carbocycles. The number of fused-ring (bicyclic) bond motifs is 1. The minimum Gasteiger partial charge on any atom is -0.480 e. The summed E-state index contributed by atoms with van der Waals surface area (Å²) in [5, 5.41) is 12.1. The number of carbonyl (C=O) groups is 2. The Hall–Kier alpha value is -2.04. The second-order valence-electron chi connectivity index (χ2n) is 5.77. The molecule has 0 spiro atoms. The molecule has 5 nitrogen and oxygen atoms in total. The molecule has 1 aromatic carbocycles. The summed E-state index contributed by atoms with van der Waals surface area (Å²) < 4.78 is 0. The molecule has 2 aliphatic rings. The predicted molar refractivity (Wildman–Crippen MR) is 79.5 cm³/mol. The van der Waals surface area contributed by atoms with Gasteiger partial charge in [0.2, 0.25) is 0 Å². The number of nitrogens with zero attached hydrogens (tertiary/aromatic N) is 1. The van der Waals surface area contributed by atoms with E-state index >= 15 is 0 Å². The molecule has 0 unspecified atom stereocenters. The minimum absolute atomic E-state index is 0.293. The van der Waals surface area contributed by atoms with Crippen molar-refractivity contribution in [2.45, 2.75) is 44.6 Å². The second kappa shape index (κ2) is 5.76. The highest BCUT2D eigenvalue weighted by molar-refractivity contribution is 5.93. The van der Waals surface area contributed by atoms with E-state index in [1.54, 1.807) is 0 Å². The van der Waals surface area contributed by atoms with Gasteiger partial charge in [-0.2, -0.15) is 0 Å². The summed E-state index contributed by atoms with van der Waals surface area (Å²) in [6.45, 7) is 0.512. The van der Waals surface area contributed by atoms with Gasteiger partial charge < -0.3 is 15.3 Å². The van der Waals surface area contributed by atoms with Crippen LogP contribution in [0.15, 0.2) is 18.2 Å². The molecule has 3 rings (SSSR count). The van der Waals surface area contributed by atoms with Crippen molar-refractivity contribution in [3.8, 4) is 0 Å². The quantitative estimate of drug-likeness (QED) is 0.879. The lowest BCUT2D eigenvalue weighted by Crippen LogP contribution is -2.43. The van der Waals surface area contributed by atoms with Gasteiger partial charge in [-0.25, -0.2) is 9.59 Å². The van der Waals surface area contributed by atoms with Gasteiger partial charge in [0.15, 0.2) is 0 Å². The average molecular weight is 288 g/mol. The number of carboxylic acid groups (broad SMARTS) is 1. The lowest BCUT2D eigenvalue weighted by molar-refractivity contribution is -0.141. The molecule has 5 heteroatoms. The molecule has 1 aromatic rings. The summed E-state index contributed by atoms with van der Waals surface area (Å²) in [5.74, 6) is -0.919. The number of hydrogen-bond acceptors (Lipinski definition) is 2. The number of amides is 2. The zero-order valence-corrected chi connectivity index (χ0v) is 12.0. The van der Waals surface area contributed by atoms with Crippen LogP contribution in [0.1, 0.15) is 36.8 Å². The lowest BCUT2D eigenvalue weighted by atomic mass is 9.90. The maximum Gasteiger partial charge on any atom is 0.326 e. The van der Waals surface area contributed by atoms with Gasteiger partial charge in [-0.05, 0) is 55.7 Å². The zero-order valence-electron chi connectivity index (χ0n) is 12.0. The Morgan fingerprint density at radius 3 is 2.81 bits per heavy atom. The van der Waals surface area contributed by atoms with Gasteiger partial charge in [0, 0.05) is 12.2 Å². The zero-order chi connectivity index (χ0) is 14.8. The Morgan fingerprint density at radius 2 is 2.00 bits per heavy atom. The molecule has 0 aromatic heterocycles. The van der Waals surface area contributed by atoms with Crippen LogP contribution in [-0.4, -0.2) is 34.6 Å². The second-order valence-corrected chi connectivity index (χ2v) is 5.77. The number of carboxylic acids is 1. The standard InChI is InChI=1S/C16H20N2O3/c19-15(20)14-9-4-10-18(14)16(21)17-13-8-3-6-11-5-1-2-7-12(11)13/h3,6,8,14H,1-2,4-5,7,9-10H2,(H,17,21)(H,19,20)/t14-/m0/s1. The number of carbonyl (C=O) groups excluding carboxylic acids is 1. The first kappa shape index (κ1) is 13.9. The normalized spacial score (nSPS) is 21.0. The maximum atomic E-state index is 12.4. The van der Waals surface area contributed by atoms with Crippen LogP contribution in [-0.2, 0) is 17.6 Å². The minimum atomic E-state index is -0.919. The number of aryl methyl sites for hydroxylation is 1. The Labute approximate surface area is 123 Å². The number of hydrogen-bond donors (Lipinski definition) is 2. The van der Waals surface area contributed by atoms with Crippen molar-refractivity contribution in [1.82, 2.24) is 4.90 Å². The molecule has 1 heterocycles. The van der Waals surface area contributed by atoms with E-state index in [9.17, 15) is 9.59 Å². The first-order chi connectivity index (χ1) is 10.2. The highest BCUT2D eigenvalue weighted by atomic mass is 16.4. The molecule has 0 radical (unpaired) electrons. The van der Waals surface area contributed by atoms with Gasteiger partial charge in [-0.15, -0.1) is 0 Å². The van der Waals surface area contributed by atoms with Crippen LogP contribution in [0.3, 0.4) is 0 Å². The van der Waals surface area contributed by atoms with Crippen LogP contribution in [0.4, 0.5) is 10.5 Å². The molecule has 21 heavy (non-hydrogen) atoms. The van der Waals surface area contributed by atoms with Gasteiger partial charge in [-0.1, -0.05) is 12.1 Å². The Kier molecular flexibility index (Phi) is 3.82. The number of rotatable bonds is 2. The van der Waals surface area contributed by atoms with Crippen molar-refractivity contribution in [2.75, 3.05) is 11.9 Å². The van der Waals surface area contributed by atoms with E-state index in [1.165, 1.54) is 22.4 Å². The van der Waals surface area contributed by atoms with E-state index in [4.69, 9.17) is 5.11 Å². The van der Waals surface area contributed by atoms with Gasteiger partial charge in [0.05, 0.1) is 0 Å². The van der Waals surface area contributed by atoms with E-state index in [-0.39, 0.29) is 6.03 Å². The fourth-order valence-electron chi connectivity index (χ4n) is 3.35. The molecule has 1 saturated heterocycles. The SMILES string of the molecule is O=C(O)[C@@H]1CCCN1C(=O)Nc1cccc2c1CCCC2. The molecule has 0 bridgehead atoms. The number of nitrogens with one attached hydrogen (secondary N) is 1. The fourth-order valence-corrected chi connectivity index (χ4v) is 3.35. The van der Waals surface area contributed by atoms with Gasteiger partial charge in [0.25, 0.3) is 0 Å². The van der Waals surface area contributed by atoms with Crippen LogP contribution < -0.4 is 5.32 Å². The summed E-state index contributed by atoms with van der Waals surface area (Å²) >= 11 is 0. The Morgan fingerprint density at radius 1 is 1.19 bits per heavy atom. The van der Waals surface area contributed by atoms with Gasteiger partial charge >= 0.3 is 12.0 Å².